The number of nitrogens with one attached hydrogen (secondary N) is 1. The van der Waals surface area contributed by atoms with Crippen molar-refractivity contribution in [3.8, 4) is 0 Å². The number of sulfonamides is 1. The summed E-state index contributed by atoms with van der Waals surface area (Å²) in [4.78, 5) is 11.7. The molecule has 0 aromatic heterocycles. The van der Waals surface area contributed by atoms with Crippen molar-refractivity contribution in [2.24, 2.45) is 0 Å². The van der Waals surface area contributed by atoms with E-state index in [0.29, 0.717) is 31.2 Å². The van der Waals surface area contributed by atoms with Gasteiger partial charge in [-0.25, -0.2) is 8.42 Å². The van der Waals surface area contributed by atoms with Gasteiger partial charge in [0.25, 0.3) is 0 Å². The third-order valence-electron chi connectivity index (χ3n) is 3.34. The number of ether oxygens (including phenoxy) is 1. The molecule has 1 heterocycles. The number of nitrogens with zero attached hydrogens (tertiary/aromatic N) is 1. The van der Waals surface area contributed by atoms with Gasteiger partial charge in [0.2, 0.25) is 15.9 Å². The minimum Gasteiger partial charge on any atom is -0.379 e. The lowest BCUT2D eigenvalue weighted by atomic mass is 10.3. The van der Waals surface area contributed by atoms with Crippen molar-refractivity contribution < 1.29 is 17.9 Å². The van der Waals surface area contributed by atoms with Crippen LogP contribution in [0, 0.1) is 0 Å². The summed E-state index contributed by atoms with van der Waals surface area (Å²) in [6.07, 6.45) is 0.831. The Kier molecular flexibility index (Phi) is 6.67. The topological polar surface area (TPSA) is 75.7 Å². The molecule has 0 spiro atoms. The molecule has 0 aliphatic carbocycles. The molecule has 0 atom stereocenters. The van der Waals surface area contributed by atoms with Crippen LogP contribution < -0.4 is 5.32 Å². The van der Waals surface area contributed by atoms with Gasteiger partial charge in [0.15, 0.2) is 0 Å². The van der Waals surface area contributed by atoms with E-state index in [1.54, 1.807) is 6.07 Å². The molecule has 9 heteroatoms. The summed E-state index contributed by atoms with van der Waals surface area (Å²) in [5.74, 6) is 0.174. The summed E-state index contributed by atoms with van der Waals surface area (Å²) in [5.41, 5.74) is 0.390. The Bertz CT molecular complexity index is 661. The maximum atomic E-state index is 12.7. The van der Waals surface area contributed by atoms with E-state index in [1.165, 1.54) is 16.4 Å². The number of halogens is 2. The van der Waals surface area contributed by atoms with E-state index in [0.717, 1.165) is 0 Å². The van der Waals surface area contributed by atoms with E-state index in [2.05, 4.69) is 5.32 Å². The number of alkyl halides is 1. The van der Waals surface area contributed by atoms with Crippen molar-refractivity contribution in [1.29, 1.82) is 0 Å². The molecule has 1 saturated heterocycles. The molecule has 1 aromatic carbocycles. The third kappa shape index (κ3) is 4.81. The monoisotopic (exact) mass is 380 g/mol. The first kappa shape index (κ1) is 18.5. The molecule has 0 saturated carbocycles. The minimum absolute atomic E-state index is 0.0174. The van der Waals surface area contributed by atoms with Crippen molar-refractivity contribution in [3.05, 3.63) is 23.2 Å². The normalized spacial score (nSPS) is 16.3. The molecule has 0 bridgehead atoms. The molecule has 2 rings (SSSR count). The Morgan fingerprint density at radius 3 is 2.65 bits per heavy atom. The van der Waals surface area contributed by atoms with Gasteiger partial charge in [-0.2, -0.15) is 4.31 Å². The standard InChI is InChI=1S/C14H18Cl2N2O4S/c15-5-1-2-14(19)17-11-3-4-12(16)13(10-11)23(20,21)18-6-8-22-9-7-18/h3-4,10H,1-2,5-9H2,(H,17,19). The average molecular weight is 381 g/mol. The lowest BCUT2D eigenvalue weighted by molar-refractivity contribution is -0.116. The first-order chi connectivity index (χ1) is 10.9. The van der Waals surface area contributed by atoms with E-state index >= 15 is 0 Å². The Balaban J connectivity index is 2.21. The molecule has 1 fully saturated rings. The van der Waals surface area contributed by atoms with Crippen LogP contribution in [-0.4, -0.2) is 50.8 Å². The molecule has 128 valence electrons. The highest BCUT2D eigenvalue weighted by molar-refractivity contribution is 7.89. The van der Waals surface area contributed by atoms with Crippen molar-refractivity contribution in [3.63, 3.8) is 0 Å². The summed E-state index contributed by atoms with van der Waals surface area (Å²) < 4.78 is 31.8. The largest absolute Gasteiger partial charge is 0.379 e. The molecule has 1 aromatic rings. The highest BCUT2D eigenvalue weighted by atomic mass is 35.5. The van der Waals surface area contributed by atoms with Gasteiger partial charge < -0.3 is 10.1 Å². The Labute approximate surface area is 145 Å². The van der Waals surface area contributed by atoms with E-state index < -0.39 is 10.0 Å². The maximum absolute atomic E-state index is 12.7. The van der Waals surface area contributed by atoms with Crippen LogP contribution in [-0.2, 0) is 19.6 Å². The van der Waals surface area contributed by atoms with E-state index in [-0.39, 0.29) is 35.3 Å². The molecule has 6 nitrogen and oxygen atoms in total. The molecule has 1 aliphatic rings. The minimum atomic E-state index is -3.72. The summed E-state index contributed by atoms with van der Waals surface area (Å²) in [6.45, 7) is 1.27. The predicted octanol–water partition coefficient (Wildman–Crippen LogP) is 2.32. The average Bonchev–Trinajstić information content (AvgIpc) is 2.55. The van der Waals surface area contributed by atoms with Crippen LogP contribution in [0.5, 0.6) is 0 Å². The molecule has 1 amide bonds. The molecule has 1 aliphatic heterocycles. The maximum Gasteiger partial charge on any atom is 0.244 e. The van der Waals surface area contributed by atoms with Crippen LogP contribution in [0.1, 0.15) is 12.8 Å². The van der Waals surface area contributed by atoms with Crippen LogP contribution in [0.3, 0.4) is 0 Å². The molecule has 23 heavy (non-hydrogen) atoms. The van der Waals surface area contributed by atoms with Crippen molar-refractivity contribution >= 4 is 44.8 Å². The Morgan fingerprint density at radius 1 is 1.30 bits per heavy atom. The summed E-state index contributed by atoms with van der Waals surface area (Å²) in [6, 6.07) is 4.41. The second kappa shape index (κ2) is 8.30. The van der Waals surface area contributed by atoms with Crippen LogP contribution >= 0.6 is 23.2 Å². The third-order valence-corrected chi connectivity index (χ3v) is 5.99. The molecule has 0 radical (unpaired) electrons. The number of hydrogen-bond donors (Lipinski definition) is 1. The van der Waals surface area contributed by atoms with E-state index in [9.17, 15) is 13.2 Å². The van der Waals surface area contributed by atoms with Gasteiger partial charge in [-0.3, -0.25) is 4.79 Å². The summed E-state index contributed by atoms with van der Waals surface area (Å²) >= 11 is 11.6. The Hall–Kier alpha value is -0.860. The number of carbonyl (C=O) groups excluding carboxylic acids is 1. The zero-order valence-electron chi connectivity index (χ0n) is 12.4. The fraction of sp³-hybridized carbons (Fsp3) is 0.500. The van der Waals surface area contributed by atoms with Gasteiger partial charge in [-0.05, 0) is 24.6 Å². The predicted molar refractivity (Wildman–Crippen MR) is 89.6 cm³/mol. The first-order valence-electron chi connectivity index (χ1n) is 7.18. The van der Waals surface area contributed by atoms with Gasteiger partial charge >= 0.3 is 0 Å². The number of hydrogen-bond acceptors (Lipinski definition) is 4. The smallest absolute Gasteiger partial charge is 0.244 e. The van der Waals surface area contributed by atoms with Gasteiger partial charge in [0.05, 0.1) is 18.2 Å². The van der Waals surface area contributed by atoms with Crippen molar-refractivity contribution in [2.45, 2.75) is 17.7 Å². The van der Waals surface area contributed by atoms with E-state index in [4.69, 9.17) is 27.9 Å². The van der Waals surface area contributed by atoms with Crippen LogP contribution in [0.2, 0.25) is 5.02 Å². The fourth-order valence-electron chi connectivity index (χ4n) is 2.16. The second-order valence-electron chi connectivity index (χ2n) is 5.00. The zero-order valence-corrected chi connectivity index (χ0v) is 14.8. The van der Waals surface area contributed by atoms with E-state index in [1.807, 2.05) is 0 Å². The molecular formula is C14H18Cl2N2O4S. The SMILES string of the molecule is O=C(CCCCl)Nc1ccc(Cl)c(S(=O)(=O)N2CCOCC2)c1. The second-order valence-corrected chi connectivity index (χ2v) is 7.69. The number of benzene rings is 1. The number of carbonyl (C=O) groups is 1. The Morgan fingerprint density at radius 2 is 2.00 bits per heavy atom. The zero-order chi connectivity index (χ0) is 16.9. The fourth-order valence-corrected chi connectivity index (χ4v) is 4.20. The highest BCUT2D eigenvalue weighted by Gasteiger charge is 2.28. The molecule has 1 N–H and O–H groups in total. The number of amides is 1. The number of anilines is 1. The van der Waals surface area contributed by atoms with Gasteiger partial charge in [0, 0.05) is 31.1 Å². The number of rotatable bonds is 6. The van der Waals surface area contributed by atoms with Crippen LogP contribution in [0.4, 0.5) is 5.69 Å². The first-order valence-corrected chi connectivity index (χ1v) is 9.53. The lowest BCUT2D eigenvalue weighted by Crippen LogP contribution is -2.40. The summed E-state index contributed by atoms with van der Waals surface area (Å²) in [7, 11) is -3.72. The highest BCUT2D eigenvalue weighted by Crippen LogP contribution is 2.28. The number of morpholine rings is 1. The van der Waals surface area contributed by atoms with Gasteiger partial charge in [-0.1, -0.05) is 11.6 Å². The summed E-state index contributed by atoms with van der Waals surface area (Å²) in [5, 5.41) is 2.78. The lowest BCUT2D eigenvalue weighted by Gasteiger charge is -2.26. The van der Waals surface area contributed by atoms with Gasteiger partial charge in [0.1, 0.15) is 4.90 Å². The van der Waals surface area contributed by atoms with Crippen LogP contribution in [0.25, 0.3) is 0 Å². The van der Waals surface area contributed by atoms with Crippen LogP contribution in [0.15, 0.2) is 23.1 Å². The molecular weight excluding hydrogens is 363 g/mol. The van der Waals surface area contributed by atoms with Crippen molar-refractivity contribution in [2.75, 3.05) is 37.5 Å². The quantitative estimate of drug-likeness (QED) is 0.768. The van der Waals surface area contributed by atoms with Crippen molar-refractivity contribution in [1.82, 2.24) is 4.31 Å². The van der Waals surface area contributed by atoms with Gasteiger partial charge in [-0.15, -0.1) is 11.6 Å². The molecule has 0 unspecified atom stereocenters.